The number of nitrogens with two attached hydrogens (primary N) is 1. The Kier molecular flexibility index (Phi) is 6.13. The van der Waals surface area contributed by atoms with Crippen LogP contribution in [-0.4, -0.2) is 41.9 Å². The Labute approximate surface area is 144 Å². The molecular weight excluding hydrogens is 379 g/mol. The van der Waals surface area contributed by atoms with E-state index in [4.69, 9.17) is 5.73 Å². The van der Waals surface area contributed by atoms with Crippen LogP contribution in [0.25, 0.3) is 0 Å². The number of rotatable bonds is 4. The van der Waals surface area contributed by atoms with Crippen molar-refractivity contribution in [3.8, 4) is 0 Å². The number of carbonyl (C=O) groups excluding carboxylic acids is 1. The van der Waals surface area contributed by atoms with E-state index in [1.807, 2.05) is 4.90 Å². The summed E-state index contributed by atoms with van der Waals surface area (Å²) in [6.45, 7) is 1.56. The summed E-state index contributed by atoms with van der Waals surface area (Å²) >= 11 is 0. The molecule has 2 aliphatic carbocycles. The third kappa shape index (κ3) is 4.72. The molecule has 0 spiro atoms. The molecule has 5 nitrogen and oxygen atoms in total. The SMILES string of the molecule is I.NC(=NCC1CC(=O)N(C2CC2)C1)NC1CCCCC1. The lowest BCUT2D eigenvalue weighted by molar-refractivity contribution is -0.128. The molecule has 2 saturated carbocycles. The fourth-order valence-corrected chi connectivity index (χ4v) is 3.40. The summed E-state index contributed by atoms with van der Waals surface area (Å²) in [5, 5.41) is 3.33. The number of aliphatic imine (C=N–C) groups is 1. The number of halogens is 1. The lowest BCUT2D eigenvalue weighted by atomic mass is 9.96. The molecule has 1 amide bonds. The van der Waals surface area contributed by atoms with Gasteiger partial charge in [-0.05, 0) is 25.7 Å². The number of hydrogen-bond acceptors (Lipinski definition) is 2. The van der Waals surface area contributed by atoms with Crippen LogP contribution in [0.3, 0.4) is 0 Å². The first-order valence-corrected chi connectivity index (χ1v) is 8.08. The van der Waals surface area contributed by atoms with Crippen molar-refractivity contribution in [1.82, 2.24) is 10.2 Å². The minimum Gasteiger partial charge on any atom is -0.370 e. The zero-order chi connectivity index (χ0) is 13.9. The smallest absolute Gasteiger partial charge is 0.223 e. The van der Waals surface area contributed by atoms with Crippen LogP contribution in [-0.2, 0) is 4.79 Å². The maximum absolute atomic E-state index is 11.9. The lowest BCUT2D eigenvalue weighted by Crippen LogP contribution is -2.41. The lowest BCUT2D eigenvalue weighted by Gasteiger charge is -2.23. The second-order valence-electron chi connectivity index (χ2n) is 6.55. The summed E-state index contributed by atoms with van der Waals surface area (Å²) < 4.78 is 0. The molecule has 0 bridgehead atoms. The highest BCUT2D eigenvalue weighted by molar-refractivity contribution is 14.0. The van der Waals surface area contributed by atoms with Crippen LogP contribution in [0.15, 0.2) is 4.99 Å². The fraction of sp³-hybridized carbons (Fsp3) is 0.867. The van der Waals surface area contributed by atoms with Crippen LogP contribution < -0.4 is 11.1 Å². The van der Waals surface area contributed by atoms with E-state index in [2.05, 4.69) is 10.3 Å². The predicted octanol–water partition coefficient (Wildman–Crippen LogP) is 1.85. The van der Waals surface area contributed by atoms with Crippen LogP contribution in [0.1, 0.15) is 51.4 Å². The molecule has 0 aromatic heterocycles. The highest BCUT2D eigenvalue weighted by Crippen LogP contribution is 2.32. The Balaban J connectivity index is 0.00000161. The molecule has 21 heavy (non-hydrogen) atoms. The minimum absolute atomic E-state index is 0. The molecule has 0 aromatic rings. The first-order valence-electron chi connectivity index (χ1n) is 8.08. The number of likely N-dealkylation sites (tertiary alicyclic amines) is 1. The van der Waals surface area contributed by atoms with E-state index in [-0.39, 0.29) is 24.0 Å². The number of carbonyl (C=O) groups is 1. The predicted molar refractivity (Wildman–Crippen MR) is 94.8 cm³/mol. The summed E-state index contributed by atoms with van der Waals surface area (Å²) in [7, 11) is 0. The van der Waals surface area contributed by atoms with Crippen LogP contribution >= 0.6 is 24.0 Å². The van der Waals surface area contributed by atoms with Gasteiger partial charge in [-0.1, -0.05) is 19.3 Å². The standard InChI is InChI=1S/C15H26N4O.HI/c16-15(18-12-4-2-1-3-5-12)17-9-11-8-14(20)19(10-11)13-6-7-13;/h11-13H,1-10H2,(H3,16,17,18);1H. The van der Waals surface area contributed by atoms with Gasteiger partial charge in [0.25, 0.3) is 0 Å². The van der Waals surface area contributed by atoms with Crippen molar-refractivity contribution >= 4 is 35.8 Å². The Morgan fingerprint density at radius 3 is 2.62 bits per heavy atom. The van der Waals surface area contributed by atoms with Crippen LogP contribution in [0.2, 0.25) is 0 Å². The van der Waals surface area contributed by atoms with Crippen molar-refractivity contribution in [2.45, 2.75) is 63.5 Å². The zero-order valence-electron chi connectivity index (χ0n) is 12.6. The number of amides is 1. The molecular formula is C15H27IN4O. The fourth-order valence-electron chi connectivity index (χ4n) is 3.40. The van der Waals surface area contributed by atoms with Gasteiger partial charge in [-0.15, -0.1) is 24.0 Å². The molecule has 1 saturated heterocycles. The summed E-state index contributed by atoms with van der Waals surface area (Å²) in [5.74, 6) is 1.23. The van der Waals surface area contributed by atoms with E-state index in [9.17, 15) is 4.79 Å². The van der Waals surface area contributed by atoms with Gasteiger partial charge in [-0.25, -0.2) is 0 Å². The maximum Gasteiger partial charge on any atom is 0.223 e. The summed E-state index contributed by atoms with van der Waals surface area (Å²) in [6, 6.07) is 1.04. The molecule has 6 heteroatoms. The summed E-state index contributed by atoms with van der Waals surface area (Å²) in [6.07, 6.45) is 9.35. The summed E-state index contributed by atoms with van der Waals surface area (Å²) in [4.78, 5) is 18.4. The number of nitrogens with one attached hydrogen (secondary N) is 1. The third-order valence-electron chi connectivity index (χ3n) is 4.70. The Hall–Kier alpha value is -0.530. The first-order chi connectivity index (χ1) is 9.72. The Morgan fingerprint density at radius 1 is 1.24 bits per heavy atom. The molecule has 120 valence electrons. The molecule has 3 rings (SSSR count). The van der Waals surface area contributed by atoms with Crippen molar-refractivity contribution in [1.29, 1.82) is 0 Å². The van der Waals surface area contributed by atoms with Crippen LogP contribution in [0.5, 0.6) is 0 Å². The van der Waals surface area contributed by atoms with Gasteiger partial charge in [-0.3, -0.25) is 9.79 Å². The van der Waals surface area contributed by atoms with Gasteiger partial charge < -0.3 is 16.0 Å². The third-order valence-corrected chi connectivity index (χ3v) is 4.70. The average Bonchev–Trinajstić information content (AvgIpc) is 3.21. The summed E-state index contributed by atoms with van der Waals surface area (Å²) in [5.41, 5.74) is 5.96. The molecule has 1 aliphatic heterocycles. The van der Waals surface area contributed by atoms with Gasteiger partial charge in [-0.2, -0.15) is 0 Å². The van der Waals surface area contributed by atoms with Gasteiger partial charge in [0.05, 0.1) is 0 Å². The van der Waals surface area contributed by atoms with Crippen LogP contribution in [0, 0.1) is 5.92 Å². The molecule has 1 heterocycles. The van der Waals surface area contributed by atoms with Crippen molar-refractivity contribution in [2.75, 3.05) is 13.1 Å². The molecule has 1 unspecified atom stereocenters. The van der Waals surface area contributed by atoms with E-state index in [1.165, 1.54) is 44.9 Å². The molecule has 0 aromatic carbocycles. The van der Waals surface area contributed by atoms with Crippen LogP contribution in [0.4, 0.5) is 0 Å². The number of nitrogens with zero attached hydrogens (tertiary/aromatic N) is 2. The van der Waals surface area contributed by atoms with E-state index in [0.717, 1.165) is 6.54 Å². The van der Waals surface area contributed by atoms with E-state index < -0.39 is 0 Å². The highest BCUT2D eigenvalue weighted by Gasteiger charge is 2.39. The number of hydrogen-bond donors (Lipinski definition) is 2. The van der Waals surface area contributed by atoms with Crippen molar-refractivity contribution in [3.63, 3.8) is 0 Å². The quantitative estimate of drug-likeness (QED) is 0.425. The van der Waals surface area contributed by atoms with Gasteiger partial charge in [0.1, 0.15) is 0 Å². The van der Waals surface area contributed by atoms with Crippen molar-refractivity contribution in [3.05, 3.63) is 0 Å². The molecule has 3 aliphatic rings. The number of guanidine groups is 1. The van der Waals surface area contributed by atoms with E-state index in [0.29, 0.717) is 42.8 Å². The second-order valence-corrected chi connectivity index (χ2v) is 6.55. The molecule has 3 N–H and O–H groups in total. The molecule has 1 atom stereocenters. The van der Waals surface area contributed by atoms with Gasteiger partial charge in [0.15, 0.2) is 5.96 Å². The normalized spacial score (nSPS) is 27.6. The second kappa shape index (κ2) is 7.65. The van der Waals surface area contributed by atoms with E-state index >= 15 is 0 Å². The minimum atomic E-state index is 0. The van der Waals surface area contributed by atoms with Gasteiger partial charge in [0.2, 0.25) is 5.91 Å². The van der Waals surface area contributed by atoms with Gasteiger partial charge in [0, 0.05) is 37.5 Å². The van der Waals surface area contributed by atoms with E-state index in [1.54, 1.807) is 0 Å². The monoisotopic (exact) mass is 406 g/mol. The van der Waals surface area contributed by atoms with Crippen molar-refractivity contribution < 1.29 is 4.79 Å². The average molecular weight is 406 g/mol. The first kappa shape index (κ1) is 16.8. The molecule has 3 fully saturated rings. The zero-order valence-corrected chi connectivity index (χ0v) is 14.9. The van der Waals surface area contributed by atoms with Crippen molar-refractivity contribution in [2.24, 2.45) is 16.6 Å². The Morgan fingerprint density at radius 2 is 1.95 bits per heavy atom. The molecule has 0 radical (unpaired) electrons. The maximum atomic E-state index is 11.9. The highest BCUT2D eigenvalue weighted by atomic mass is 127. The van der Waals surface area contributed by atoms with Gasteiger partial charge >= 0.3 is 0 Å². The topological polar surface area (TPSA) is 70.7 Å². The Bertz CT molecular complexity index is 391. The largest absolute Gasteiger partial charge is 0.370 e.